The average molecular weight is 471 g/mol. The molecule has 1 saturated heterocycles. The van der Waals surface area contributed by atoms with Crippen LogP contribution in [0.4, 0.5) is 0 Å². The first-order chi connectivity index (χ1) is 10.7. The van der Waals surface area contributed by atoms with E-state index in [4.69, 9.17) is 0 Å². The van der Waals surface area contributed by atoms with Gasteiger partial charge in [0.2, 0.25) is 0 Å². The summed E-state index contributed by atoms with van der Waals surface area (Å²) < 4.78 is 23.5. The van der Waals surface area contributed by atoms with E-state index < -0.39 is 14.6 Å². The summed E-state index contributed by atoms with van der Waals surface area (Å²) >= 11 is 0. The smallest absolute Gasteiger partial charge is 0.193 e. The fourth-order valence-corrected chi connectivity index (χ4v) is 5.23. The second-order valence-electron chi connectivity index (χ2n) is 7.90. The van der Waals surface area contributed by atoms with Gasteiger partial charge in [-0.1, -0.05) is 26.2 Å². The van der Waals surface area contributed by atoms with E-state index >= 15 is 0 Å². The van der Waals surface area contributed by atoms with Crippen LogP contribution < -0.4 is 5.32 Å². The molecule has 1 saturated carbocycles. The first-order valence-corrected chi connectivity index (χ1v) is 10.6. The zero-order valence-electron chi connectivity index (χ0n) is 15.5. The number of guanidine groups is 1. The standard InChI is InChI=1S/C17H33N3O2S.HI/c1-14-6-5-7-15(12-14)8-9-19-16(18-4)20-10-11-23(21,22)17(2,3)13-20;/h14-15H,5-13H2,1-4H3,(H,18,19);1H. The molecule has 5 nitrogen and oxygen atoms in total. The zero-order chi connectivity index (χ0) is 17.1. The Morgan fingerprint density at radius 2 is 2.04 bits per heavy atom. The molecule has 1 heterocycles. The van der Waals surface area contributed by atoms with Crippen LogP contribution in [-0.4, -0.2) is 56.5 Å². The van der Waals surface area contributed by atoms with Crippen LogP contribution in [0.3, 0.4) is 0 Å². The van der Waals surface area contributed by atoms with E-state index in [1.54, 1.807) is 7.05 Å². The molecule has 142 valence electrons. The summed E-state index contributed by atoms with van der Waals surface area (Å²) in [4.78, 5) is 6.45. The van der Waals surface area contributed by atoms with Crippen molar-refractivity contribution in [3.63, 3.8) is 0 Å². The molecule has 0 aromatic carbocycles. The highest BCUT2D eigenvalue weighted by atomic mass is 127. The SMILES string of the molecule is CN=C(NCCC1CCCC(C)C1)N1CCS(=O)(=O)C(C)(C)C1.I. The van der Waals surface area contributed by atoms with Crippen molar-refractivity contribution in [3.8, 4) is 0 Å². The number of halogens is 1. The molecule has 0 aromatic rings. The molecule has 2 unspecified atom stereocenters. The first kappa shape index (κ1) is 22.0. The lowest BCUT2D eigenvalue weighted by molar-refractivity contribution is 0.269. The third-order valence-corrected chi connectivity index (χ3v) is 7.97. The lowest BCUT2D eigenvalue weighted by Crippen LogP contribution is -2.57. The Morgan fingerprint density at radius 1 is 1.33 bits per heavy atom. The van der Waals surface area contributed by atoms with Gasteiger partial charge in [0, 0.05) is 26.7 Å². The van der Waals surface area contributed by atoms with Gasteiger partial charge in [0.15, 0.2) is 15.8 Å². The minimum Gasteiger partial charge on any atom is -0.356 e. The molecular formula is C17H34IN3O2S. The molecule has 7 heteroatoms. The minimum absolute atomic E-state index is 0. The molecule has 24 heavy (non-hydrogen) atoms. The minimum atomic E-state index is -3.00. The van der Waals surface area contributed by atoms with Crippen molar-refractivity contribution < 1.29 is 8.42 Å². The number of rotatable bonds is 3. The summed E-state index contributed by atoms with van der Waals surface area (Å²) in [5.74, 6) is 2.74. The van der Waals surface area contributed by atoms with Gasteiger partial charge in [0.25, 0.3) is 0 Å². The summed E-state index contributed by atoms with van der Waals surface area (Å²) in [6.07, 6.45) is 6.61. The van der Waals surface area contributed by atoms with Gasteiger partial charge in [-0.05, 0) is 38.5 Å². The summed E-state index contributed by atoms with van der Waals surface area (Å²) in [5, 5.41) is 3.45. The molecule has 2 rings (SSSR count). The number of hydrogen-bond donors (Lipinski definition) is 1. The maximum atomic E-state index is 12.1. The van der Waals surface area contributed by atoms with Crippen LogP contribution >= 0.6 is 24.0 Å². The monoisotopic (exact) mass is 471 g/mol. The summed E-state index contributed by atoms with van der Waals surface area (Å²) in [6, 6.07) is 0. The Morgan fingerprint density at radius 3 is 2.62 bits per heavy atom. The van der Waals surface area contributed by atoms with Gasteiger partial charge in [0.1, 0.15) is 0 Å². The van der Waals surface area contributed by atoms with Crippen LogP contribution in [0.25, 0.3) is 0 Å². The third-order valence-electron chi connectivity index (χ3n) is 5.44. The molecule has 0 aromatic heterocycles. The second kappa shape index (κ2) is 9.05. The highest BCUT2D eigenvalue weighted by Crippen LogP contribution is 2.30. The normalized spacial score (nSPS) is 29.7. The molecule has 0 spiro atoms. The Kier molecular flexibility index (Phi) is 8.29. The predicted molar refractivity (Wildman–Crippen MR) is 112 cm³/mol. The van der Waals surface area contributed by atoms with Crippen LogP contribution in [0, 0.1) is 11.8 Å². The topological polar surface area (TPSA) is 61.8 Å². The maximum Gasteiger partial charge on any atom is 0.193 e. The van der Waals surface area contributed by atoms with Gasteiger partial charge in [-0.15, -0.1) is 24.0 Å². The number of sulfone groups is 1. The lowest BCUT2D eigenvalue weighted by atomic mass is 9.81. The molecule has 0 radical (unpaired) electrons. The van der Waals surface area contributed by atoms with Gasteiger partial charge >= 0.3 is 0 Å². The third kappa shape index (κ3) is 5.47. The van der Waals surface area contributed by atoms with E-state index in [-0.39, 0.29) is 29.7 Å². The number of nitrogens with zero attached hydrogens (tertiary/aromatic N) is 2. The van der Waals surface area contributed by atoms with Crippen LogP contribution in [-0.2, 0) is 9.84 Å². The van der Waals surface area contributed by atoms with E-state index in [0.717, 1.165) is 24.3 Å². The lowest BCUT2D eigenvalue weighted by Gasteiger charge is -2.39. The summed E-state index contributed by atoms with van der Waals surface area (Å²) in [7, 11) is -1.22. The van der Waals surface area contributed by atoms with Crippen molar-refractivity contribution in [1.29, 1.82) is 0 Å². The molecule has 1 N–H and O–H groups in total. The van der Waals surface area contributed by atoms with Crippen molar-refractivity contribution in [1.82, 2.24) is 10.2 Å². The van der Waals surface area contributed by atoms with E-state index in [1.807, 2.05) is 13.8 Å². The number of aliphatic imine (C=N–C) groups is 1. The molecule has 2 aliphatic rings. The molecule has 2 fully saturated rings. The Hall–Kier alpha value is -0.0500. The van der Waals surface area contributed by atoms with Crippen molar-refractivity contribution in [2.45, 2.75) is 57.6 Å². The first-order valence-electron chi connectivity index (χ1n) is 8.93. The van der Waals surface area contributed by atoms with Crippen molar-refractivity contribution in [3.05, 3.63) is 0 Å². The largest absolute Gasteiger partial charge is 0.356 e. The van der Waals surface area contributed by atoms with Crippen LogP contribution in [0.5, 0.6) is 0 Å². The average Bonchev–Trinajstić information content (AvgIpc) is 2.47. The highest BCUT2D eigenvalue weighted by Gasteiger charge is 2.40. The summed E-state index contributed by atoms with van der Waals surface area (Å²) in [5.41, 5.74) is 0. The van der Waals surface area contributed by atoms with E-state index in [1.165, 1.54) is 32.1 Å². The molecule has 0 bridgehead atoms. The van der Waals surface area contributed by atoms with Gasteiger partial charge < -0.3 is 10.2 Å². The van der Waals surface area contributed by atoms with Crippen molar-refractivity contribution >= 4 is 39.8 Å². The number of nitrogens with one attached hydrogen (secondary N) is 1. The number of hydrogen-bond acceptors (Lipinski definition) is 3. The maximum absolute atomic E-state index is 12.1. The van der Waals surface area contributed by atoms with E-state index in [0.29, 0.717) is 13.1 Å². The fourth-order valence-electron chi connectivity index (χ4n) is 3.87. The molecule has 2 atom stereocenters. The zero-order valence-corrected chi connectivity index (χ0v) is 18.7. The Bertz CT molecular complexity index is 534. The summed E-state index contributed by atoms with van der Waals surface area (Å²) in [6.45, 7) is 7.94. The van der Waals surface area contributed by atoms with Crippen molar-refractivity contribution in [2.24, 2.45) is 16.8 Å². The van der Waals surface area contributed by atoms with E-state index in [9.17, 15) is 8.42 Å². The van der Waals surface area contributed by atoms with Gasteiger partial charge in [0.05, 0.1) is 10.5 Å². The molecule has 0 amide bonds. The quantitative estimate of drug-likeness (QED) is 0.391. The highest BCUT2D eigenvalue weighted by molar-refractivity contribution is 14.0. The van der Waals surface area contributed by atoms with Gasteiger partial charge in [-0.3, -0.25) is 4.99 Å². The Labute approximate surface area is 165 Å². The molecule has 1 aliphatic heterocycles. The second-order valence-corrected chi connectivity index (χ2v) is 10.6. The van der Waals surface area contributed by atoms with Gasteiger partial charge in [-0.25, -0.2) is 8.42 Å². The molecular weight excluding hydrogens is 437 g/mol. The predicted octanol–water partition coefficient (Wildman–Crippen LogP) is 2.91. The van der Waals surface area contributed by atoms with Crippen LogP contribution in [0.1, 0.15) is 52.9 Å². The fraction of sp³-hybridized carbons (Fsp3) is 0.941. The Balaban J connectivity index is 0.00000288. The van der Waals surface area contributed by atoms with Crippen molar-refractivity contribution in [2.75, 3.05) is 32.4 Å². The van der Waals surface area contributed by atoms with Crippen LogP contribution in [0.15, 0.2) is 4.99 Å². The van der Waals surface area contributed by atoms with Crippen LogP contribution in [0.2, 0.25) is 0 Å². The van der Waals surface area contributed by atoms with E-state index in [2.05, 4.69) is 22.1 Å². The van der Waals surface area contributed by atoms with Gasteiger partial charge in [-0.2, -0.15) is 0 Å². The molecule has 1 aliphatic carbocycles.